The summed E-state index contributed by atoms with van der Waals surface area (Å²) in [6, 6.07) is 10.2. The van der Waals surface area contributed by atoms with Crippen molar-refractivity contribution < 1.29 is 4.79 Å². The van der Waals surface area contributed by atoms with Gasteiger partial charge in [-0.2, -0.15) is 0 Å². The van der Waals surface area contributed by atoms with Crippen LogP contribution in [0.1, 0.15) is 15.9 Å². The van der Waals surface area contributed by atoms with Crippen LogP contribution >= 0.6 is 0 Å². The summed E-state index contributed by atoms with van der Waals surface area (Å²) in [5.74, 6) is -0.454. The Hall–Kier alpha value is -2.66. The van der Waals surface area contributed by atoms with Gasteiger partial charge in [-0.1, -0.05) is 24.3 Å². The molecule has 0 saturated heterocycles. The predicted octanol–water partition coefficient (Wildman–Crippen LogP) is 2.05. The van der Waals surface area contributed by atoms with Crippen molar-refractivity contribution in [1.29, 1.82) is 0 Å². The molecule has 106 valence electrons. The molecule has 0 aliphatic carbocycles. The molecule has 0 bridgehead atoms. The molecule has 4 N–H and O–H groups in total. The van der Waals surface area contributed by atoms with Crippen molar-refractivity contribution in [3.05, 3.63) is 53.9 Å². The maximum Gasteiger partial charge on any atom is 0.250 e. The third-order valence-electron chi connectivity index (χ3n) is 3.46. The molecule has 1 amide bonds. The standard InChI is InChI=1S/C16H16N4O/c1-18-7-10-2-4-11(5-3-10)12-6-13-14(15(17)21)9-20-16(13)19-8-12/h2-6,8-9,18H,7H2,1H3,(H2,17,21)(H,19,20). The van der Waals surface area contributed by atoms with Crippen LogP contribution in [0.3, 0.4) is 0 Å². The van der Waals surface area contributed by atoms with Crippen molar-refractivity contribution in [2.75, 3.05) is 7.05 Å². The molecule has 3 rings (SSSR count). The first-order chi connectivity index (χ1) is 10.2. The van der Waals surface area contributed by atoms with Crippen molar-refractivity contribution in [3.63, 3.8) is 0 Å². The molecule has 3 aromatic rings. The number of nitrogens with two attached hydrogens (primary N) is 1. The average molecular weight is 280 g/mol. The summed E-state index contributed by atoms with van der Waals surface area (Å²) in [4.78, 5) is 18.7. The zero-order valence-corrected chi connectivity index (χ0v) is 11.7. The fourth-order valence-electron chi connectivity index (χ4n) is 2.38. The lowest BCUT2D eigenvalue weighted by Gasteiger charge is -2.04. The number of aromatic amines is 1. The Bertz CT molecular complexity index is 790. The molecular formula is C16H16N4O. The lowest BCUT2D eigenvalue weighted by atomic mass is 10.0. The van der Waals surface area contributed by atoms with E-state index < -0.39 is 5.91 Å². The Morgan fingerprint density at radius 1 is 1.29 bits per heavy atom. The van der Waals surface area contributed by atoms with Gasteiger partial charge < -0.3 is 16.0 Å². The molecule has 0 fully saturated rings. The van der Waals surface area contributed by atoms with Crippen LogP contribution in [0.25, 0.3) is 22.2 Å². The number of H-pyrrole nitrogens is 1. The number of pyridine rings is 1. The van der Waals surface area contributed by atoms with Crippen LogP contribution in [0.4, 0.5) is 0 Å². The van der Waals surface area contributed by atoms with E-state index in [1.807, 2.05) is 25.2 Å². The highest BCUT2D eigenvalue weighted by atomic mass is 16.1. The largest absolute Gasteiger partial charge is 0.366 e. The molecule has 2 heterocycles. The van der Waals surface area contributed by atoms with E-state index in [-0.39, 0.29) is 0 Å². The molecule has 0 atom stereocenters. The Labute approximate surface area is 122 Å². The summed E-state index contributed by atoms with van der Waals surface area (Å²) in [5.41, 5.74) is 9.74. The summed E-state index contributed by atoms with van der Waals surface area (Å²) in [6.07, 6.45) is 3.39. The van der Waals surface area contributed by atoms with E-state index in [1.54, 1.807) is 12.4 Å². The van der Waals surface area contributed by atoms with E-state index >= 15 is 0 Å². The van der Waals surface area contributed by atoms with Gasteiger partial charge >= 0.3 is 0 Å². The molecule has 5 nitrogen and oxygen atoms in total. The Morgan fingerprint density at radius 2 is 2.05 bits per heavy atom. The van der Waals surface area contributed by atoms with Gasteiger partial charge in [-0.15, -0.1) is 0 Å². The fourth-order valence-corrected chi connectivity index (χ4v) is 2.38. The van der Waals surface area contributed by atoms with Gasteiger partial charge in [-0.05, 0) is 24.2 Å². The van der Waals surface area contributed by atoms with Crippen LogP contribution in [0.2, 0.25) is 0 Å². The number of carbonyl (C=O) groups excluding carboxylic acids is 1. The van der Waals surface area contributed by atoms with Gasteiger partial charge in [0.25, 0.3) is 5.91 Å². The fraction of sp³-hybridized carbons (Fsp3) is 0.125. The Morgan fingerprint density at radius 3 is 2.71 bits per heavy atom. The van der Waals surface area contributed by atoms with Crippen molar-refractivity contribution in [2.24, 2.45) is 5.73 Å². The highest BCUT2D eigenvalue weighted by Gasteiger charge is 2.10. The smallest absolute Gasteiger partial charge is 0.250 e. The first-order valence-electron chi connectivity index (χ1n) is 6.70. The summed E-state index contributed by atoms with van der Waals surface area (Å²) in [5, 5.41) is 3.87. The first kappa shape index (κ1) is 13.3. The molecular weight excluding hydrogens is 264 g/mol. The number of nitrogens with one attached hydrogen (secondary N) is 2. The molecule has 1 aromatic carbocycles. The lowest BCUT2D eigenvalue weighted by Crippen LogP contribution is -2.09. The van der Waals surface area contributed by atoms with E-state index in [0.29, 0.717) is 11.2 Å². The number of fused-ring (bicyclic) bond motifs is 1. The minimum Gasteiger partial charge on any atom is -0.366 e. The number of hydrogen-bond acceptors (Lipinski definition) is 3. The number of rotatable bonds is 4. The second-order valence-electron chi connectivity index (χ2n) is 4.91. The number of aromatic nitrogens is 2. The van der Waals surface area contributed by atoms with E-state index in [4.69, 9.17) is 5.73 Å². The maximum atomic E-state index is 11.4. The van der Waals surface area contributed by atoms with Crippen molar-refractivity contribution >= 4 is 16.9 Å². The molecule has 0 saturated carbocycles. The van der Waals surface area contributed by atoms with Crippen LogP contribution in [-0.2, 0) is 6.54 Å². The molecule has 0 aliphatic rings. The highest BCUT2D eigenvalue weighted by Crippen LogP contribution is 2.24. The average Bonchev–Trinajstić information content (AvgIpc) is 2.91. The maximum absolute atomic E-state index is 11.4. The van der Waals surface area contributed by atoms with Crippen LogP contribution in [0.5, 0.6) is 0 Å². The molecule has 0 spiro atoms. The zero-order chi connectivity index (χ0) is 14.8. The van der Waals surface area contributed by atoms with E-state index in [2.05, 4.69) is 27.4 Å². The molecule has 0 unspecified atom stereocenters. The second kappa shape index (κ2) is 5.38. The third-order valence-corrected chi connectivity index (χ3v) is 3.46. The Balaban J connectivity index is 2.03. The van der Waals surface area contributed by atoms with E-state index in [0.717, 1.165) is 23.1 Å². The highest BCUT2D eigenvalue weighted by molar-refractivity contribution is 6.05. The number of carbonyl (C=O) groups is 1. The normalized spacial score (nSPS) is 10.9. The second-order valence-corrected chi connectivity index (χ2v) is 4.91. The van der Waals surface area contributed by atoms with Crippen LogP contribution in [0, 0.1) is 0 Å². The van der Waals surface area contributed by atoms with Gasteiger partial charge in [0, 0.05) is 29.9 Å². The molecule has 0 aliphatic heterocycles. The number of hydrogen-bond donors (Lipinski definition) is 3. The molecule has 2 aromatic heterocycles. The van der Waals surface area contributed by atoms with E-state index in [9.17, 15) is 4.79 Å². The monoisotopic (exact) mass is 280 g/mol. The number of benzene rings is 1. The minimum atomic E-state index is -0.454. The SMILES string of the molecule is CNCc1ccc(-c2cnc3[nH]cc(C(N)=O)c3c2)cc1. The summed E-state index contributed by atoms with van der Waals surface area (Å²) in [6.45, 7) is 0.835. The third kappa shape index (κ3) is 2.51. The van der Waals surface area contributed by atoms with Crippen LogP contribution in [0.15, 0.2) is 42.7 Å². The molecule has 5 heteroatoms. The quantitative estimate of drug-likeness (QED) is 0.684. The van der Waals surface area contributed by atoms with Gasteiger partial charge in [0.2, 0.25) is 0 Å². The molecule has 0 radical (unpaired) electrons. The number of primary amides is 1. The number of nitrogens with zero attached hydrogens (tertiary/aromatic N) is 1. The van der Waals surface area contributed by atoms with E-state index in [1.165, 1.54) is 5.56 Å². The predicted molar refractivity (Wildman–Crippen MR) is 82.8 cm³/mol. The number of amides is 1. The summed E-state index contributed by atoms with van der Waals surface area (Å²) >= 11 is 0. The zero-order valence-electron chi connectivity index (χ0n) is 11.7. The van der Waals surface area contributed by atoms with Gasteiger partial charge in [0.1, 0.15) is 5.65 Å². The van der Waals surface area contributed by atoms with Gasteiger partial charge in [-0.25, -0.2) is 4.98 Å². The van der Waals surface area contributed by atoms with Crippen molar-refractivity contribution in [2.45, 2.75) is 6.54 Å². The minimum absolute atomic E-state index is 0.454. The summed E-state index contributed by atoms with van der Waals surface area (Å²) in [7, 11) is 1.92. The van der Waals surface area contributed by atoms with Crippen LogP contribution < -0.4 is 11.1 Å². The molecule has 21 heavy (non-hydrogen) atoms. The Kier molecular flexibility index (Phi) is 3.41. The van der Waals surface area contributed by atoms with Crippen molar-refractivity contribution in [3.8, 4) is 11.1 Å². The first-order valence-corrected chi connectivity index (χ1v) is 6.70. The van der Waals surface area contributed by atoms with Crippen molar-refractivity contribution in [1.82, 2.24) is 15.3 Å². The van der Waals surface area contributed by atoms with Gasteiger partial charge in [0.15, 0.2) is 0 Å². The van der Waals surface area contributed by atoms with Gasteiger partial charge in [0.05, 0.1) is 5.56 Å². The topological polar surface area (TPSA) is 83.8 Å². The van der Waals surface area contributed by atoms with Gasteiger partial charge in [-0.3, -0.25) is 4.79 Å². The summed E-state index contributed by atoms with van der Waals surface area (Å²) < 4.78 is 0. The van der Waals surface area contributed by atoms with Crippen LogP contribution in [-0.4, -0.2) is 22.9 Å². The lowest BCUT2D eigenvalue weighted by molar-refractivity contribution is 0.100.